The average molecular weight is 427 g/mol. The van der Waals surface area contributed by atoms with E-state index in [4.69, 9.17) is 4.74 Å². The third-order valence-corrected chi connectivity index (χ3v) is 6.54. The molecule has 29 heavy (non-hydrogen) atoms. The highest BCUT2D eigenvalue weighted by Gasteiger charge is 2.11. The summed E-state index contributed by atoms with van der Waals surface area (Å²) in [4.78, 5) is 12.8. The van der Waals surface area contributed by atoms with Crippen LogP contribution < -0.4 is 5.43 Å². The third-order valence-electron chi connectivity index (χ3n) is 4.35. The van der Waals surface area contributed by atoms with Crippen LogP contribution in [0.5, 0.6) is 0 Å². The maximum Gasteiger partial charge on any atom is 0.158 e. The van der Waals surface area contributed by atoms with Crippen LogP contribution in [0.3, 0.4) is 0 Å². The van der Waals surface area contributed by atoms with Crippen LogP contribution in [-0.4, -0.2) is 23.3 Å². The molecule has 0 atom stereocenters. The van der Waals surface area contributed by atoms with Crippen molar-refractivity contribution in [3.63, 3.8) is 0 Å². The lowest BCUT2D eigenvalue weighted by molar-refractivity contribution is 0.187. The normalized spacial score (nSPS) is 11.6. The highest BCUT2D eigenvalue weighted by atomic mass is 32.1. The molecule has 0 unspecified atom stereocenters. The van der Waals surface area contributed by atoms with Crippen molar-refractivity contribution < 1.29 is 9.13 Å². The molecule has 8 heteroatoms. The highest BCUT2D eigenvalue weighted by molar-refractivity contribution is 7.18. The summed E-state index contributed by atoms with van der Waals surface area (Å²) in [6.07, 6.45) is 3.82. The van der Waals surface area contributed by atoms with E-state index in [0.29, 0.717) is 24.4 Å². The maximum atomic E-state index is 14.0. The van der Waals surface area contributed by atoms with Crippen molar-refractivity contribution >= 4 is 44.9 Å². The fraction of sp³-hybridized carbons (Fsp3) is 0.190. The van der Waals surface area contributed by atoms with Crippen LogP contribution in [0.15, 0.2) is 47.8 Å². The summed E-state index contributed by atoms with van der Waals surface area (Å²) in [5.74, 6) is 0.437. The lowest BCUT2D eigenvalue weighted by Crippen LogP contribution is -1.94. The zero-order valence-corrected chi connectivity index (χ0v) is 17.6. The molecular weight excluding hydrogens is 407 g/mol. The number of benzene rings is 1. The van der Waals surface area contributed by atoms with E-state index >= 15 is 0 Å². The zero-order chi connectivity index (χ0) is 20.2. The van der Waals surface area contributed by atoms with Gasteiger partial charge in [-0.15, -0.1) is 22.7 Å². The summed E-state index contributed by atoms with van der Waals surface area (Å²) in [5.41, 5.74) is 4.84. The van der Waals surface area contributed by atoms with Gasteiger partial charge in [-0.25, -0.2) is 14.4 Å². The van der Waals surface area contributed by atoms with Gasteiger partial charge in [0.05, 0.1) is 23.1 Å². The molecule has 4 rings (SSSR count). The summed E-state index contributed by atoms with van der Waals surface area (Å²) in [5, 5.41) is 5.23. The van der Waals surface area contributed by atoms with E-state index in [1.165, 1.54) is 23.7 Å². The summed E-state index contributed by atoms with van der Waals surface area (Å²) >= 11 is 3.18. The Labute approximate surface area is 175 Å². The van der Waals surface area contributed by atoms with Crippen molar-refractivity contribution in [1.29, 1.82) is 0 Å². The molecule has 5 nitrogen and oxygen atoms in total. The van der Waals surface area contributed by atoms with Gasteiger partial charge in [-0.2, -0.15) is 5.10 Å². The SMILES string of the molecule is COCc1cc(C)c(/C=N\Nc2ncnc3sc(Cc4ccccc4F)cc23)s1. The minimum absolute atomic E-state index is 0.196. The van der Waals surface area contributed by atoms with Gasteiger partial charge in [0.1, 0.15) is 17.0 Å². The number of nitrogens with zero attached hydrogens (tertiary/aromatic N) is 3. The molecule has 3 aromatic heterocycles. The first-order chi connectivity index (χ1) is 14.1. The van der Waals surface area contributed by atoms with Gasteiger partial charge in [0.25, 0.3) is 0 Å². The summed E-state index contributed by atoms with van der Waals surface area (Å²) in [6.45, 7) is 2.65. The van der Waals surface area contributed by atoms with Gasteiger partial charge in [-0.05, 0) is 36.2 Å². The number of hydrogen-bond acceptors (Lipinski definition) is 7. The van der Waals surface area contributed by atoms with E-state index in [1.54, 1.807) is 36.8 Å². The standard InChI is InChI=1S/C21H19FN4OS2/c1-13-7-16(11-27-2)28-19(13)10-25-26-20-17-9-15(29-21(17)24-12-23-20)8-14-5-3-4-6-18(14)22/h3-7,9-10,12H,8,11H2,1-2H3,(H,23,24,26)/b25-10-. The number of hydrazone groups is 1. The van der Waals surface area contributed by atoms with E-state index in [2.05, 4.69) is 26.6 Å². The largest absolute Gasteiger partial charge is 0.379 e. The van der Waals surface area contributed by atoms with E-state index in [0.717, 1.165) is 30.4 Å². The van der Waals surface area contributed by atoms with Crippen molar-refractivity contribution in [2.75, 3.05) is 12.5 Å². The molecule has 4 aromatic rings. The van der Waals surface area contributed by atoms with Gasteiger partial charge in [-0.3, -0.25) is 5.43 Å². The first-order valence-corrected chi connectivity index (χ1v) is 10.6. The molecule has 0 spiro atoms. The van der Waals surface area contributed by atoms with Crippen LogP contribution in [0.4, 0.5) is 10.2 Å². The van der Waals surface area contributed by atoms with Gasteiger partial charge < -0.3 is 4.74 Å². The fourth-order valence-electron chi connectivity index (χ4n) is 2.97. The number of nitrogens with one attached hydrogen (secondary N) is 1. The van der Waals surface area contributed by atoms with Crippen LogP contribution in [0.1, 0.15) is 25.8 Å². The number of aromatic nitrogens is 2. The molecule has 1 N–H and O–H groups in total. The zero-order valence-electron chi connectivity index (χ0n) is 16.0. The minimum atomic E-state index is -0.196. The average Bonchev–Trinajstić information content (AvgIpc) is 3.27. The van der Waals surface area contributed by atoms with Gasteiger partial charge in [0.2, 0.25) is 0 Å². The summed E-state index contributed by atoms with van der Waals surface area (Å²) in [7, 11) is 1.69. The van der Waals surface area contributed by atoms with Gasteiger partial charge >= 0.3 is 0 Å². The third kappa shape index (κ3) is 4.50. The molecule has 0 aliphatic rings. The number of anilines is 1. The number of halogens is 1. The van der Waals surface area contributed by atoms with E-state index in [-0.39, 0.29) is 5.82 Å². The Balaban J connectivity index is 1.53. The number of ether oxygens (including phenoxy) is 1. The number of fused-ring (bicyclic) bond motifs is 1. The van der Waals surface area contributed by atoms with Crippen LogP contribution in [0.2, 0.25) is 0 Å². The molecule has 0 saturated heterocycles. The number of methoxy groups -OCH3 is 1. The quantitative estimate of drug-likeness (QED) is 0.318. The van der Waals surface area contributed by atoms with Crippen molar-refractivity contribution in [2.24, 2.45) is 5.10 Å². The number of thiophene rings is 2. The van der Waals surface area contributed by atoms with Crippen molar-refractivity contribution in [2.45, 2.75) is 20.0 Å². The Morgan fingerprint density at radius 2 is 2.03 bits per heavy atom. The molecule has 0 saturated carbocycles. The van der Waals surface area contributed by atoms with Gasteiger partial charge in [0, 0.05) is 23.3 Å². The first kappa shape index (κ1) is 19.6. The van der Waals surface area contributed by atoms with E-state index < -0.39 is 0 Å². The molecule has 3 heterocycles. The Hall–Kier alpha value is -2.68. The topological polar surface area (TPSA) is 59.4 Å². The Morgan fingerprint density at radius 3 is 2.86 bits per heavy atom. The van der Waals surface area contributed by atoms with Crippen molar-refractivity contribution in [3.05, 3.63) is 74.3 Å². The maximum absolute atomic E-state index is 14.0. The van der Waals surface area contributed by atoms with Crippen molar-refractivity contribution in [1.82, 2.24) is 9.97 Å². The summed E-state index contributed by atoms with van der Waals surface area (Å²) in [6, 6.07) is 10.9. The lowest BCUT2D eigenvalue weighted by atomic mass is 10.1. The van der Waals surface area contributed by atoms with Crippen LogP contribution >= 0.6 is 22.7 Å². The predicted molar refractivity (Wildman–Crippen MR) is 118 cm³/mol. The van der Waals surface area contributed by atoms with Crippen LogP contribution in [0, 0.1) is 12.7 Å². The van der Waals surface area contributed by atoms with Gasteiger partial charge in [0.15, 0.2) is 5.82 Å². The number of rotatable bonds is 7. The predicted octanol–water partition coefficient (Wildman–Crippen LogP) is 5.38. The van der Waals surface area contributed by atoms with Crippen LogP contribution in [0.25, 0.3) is 10.2 Å². The second kappa shape index (κ2) is 8.77. The molecule has 0 aliphatic heterocycles. The van der Waals surface area contributed by atoms with E-state index in [1.807, 2.05) is 19.1 Å². The fourth-order valence-corrected chi connectivity index (χ4v) is 5.01. The lowest BCUT2D eigenvalue weighted by Gasteiger charge is -2.00. The molecule has 0 fully saturated rings. The van der Waals surface area contributed by atoms with Gasteiger partial charge in [-0.1, -0.05) is 18.2 Å². The minimum Gasteiger partial charge on any atom is -0.379 e. The molecule has 0 radical (unpaired) electrons. The van der Waals surface area contributed by atoms with Crippen molar-refractivity contribution in [3.8, 4) is 0 Å². The molecule has 1 aromatic carbocycles. The molecule has 0 amide bonds. The van der Waals surface area contributed by atoms with E-state index in [9.17, 15) is 4.39 Å². The Morgan fingerprint density at radius 1 is 1.17 bits per heavy atom. The Bertz CT molecular complexity index is 1170. The second-order valence-electron chi connectivity index (χ2n) is 6.48. The summed E-state index contributed by atoms with van der Waals surface area (Å²) < 4.78 is 19.1. The second-order valence-corrected chi connectivity index (χ2v) is 8.77. The first-order valence-electron chi connectivity index (χ1n) is 8.98. The van der Waals surface area contributed by atoms with Crippen LogP contribution in [-0.2, 0) is 17.8 Å². The number of aryl methyl sites for hydroxylation is 1. The smallest absolute Gasteiger partial charge is 0.158 e. The monoisotopic (exact) mass is 426 g/mol. The molecule has 148 valence electrons. The highest BCUT2D eigenvalue weighted by Crippen LogP contribution is 2.30. The molecular formula is C21H19FN4OS2. The number of hydrogen-bond donors (Lipinski definition) is 1. The Kier molecular flexibility index (Phi) is 5.94. The molecule has 0 aliphatic carbocycles. The molecule has 0 bridgehead atoms.